The van der Waals surface area contributed by atoms with Crippen molar-refractivity contribution in [1.82, 2.24) is 15.3 Å². The van der Waals surface area contributed by atoms with Crippen LogP contribution < -0.4 is 10.2 Å². The number of piperidine rings is 1. The molecule has 1 atom stereocenters. The van der Waals surface area contributed by atoms with Gasteiger partial charge < -0.3 is 10.2 Å². The third-order valence-corrected chi connectivity index (χ3v) is 4.41. The zero-order valence-electron chi connectivity index (χ0n) is 13.7. The van der Waals surface area contributed by atoms with Crippen molar-refractivity contribution in [1.29, 1.82) is 0 Å². The maximum atomic E-state index is 13.3. The lowest BCUT2D eigenvalue weighted by atomic mass is 9.95. The highest BCUT2D eigenvalue weighted by atomic mass is 19.1. The first-order valence-corrected chi connectivity index (χ1v) is 8.21. The van der Waals surface area contributed by atoms with Gasteiger partial charge in [0.15, 0.2) is 0 Å². The maximum absolute atomic E-state index is 13.3. The molecule has 1 aromatic heterocycles. The number of anilines is 1. The van der Waals surface area contributed by atoms with Gasteiger partial charge in [0.05, 0.1) is 6.04 Å². The van der Waals surface area contributed by atoms with Gasteiger partial charge in [-0.1, -0.05) is 12.1 Å². The predicted octanol–water partition coefficient (Wildman–Crippen LogP) is 2.71. The van der Waals surface area contributed by atoms with E-state index in [4.69, 9.17) is 0 Å². The molecular formula is C18H21FN4O. The van der Waals surface area contributed by atoms with E-state index in [0.717, 1.165) is 31.5 Å². The zero-order valence-corrected chi connectivity index (χ0v) is 13.7. The molecule has 5 nitrogen and oxygen atoms in total. The van der Waals surface area contributed by atoms with Gasteiger partial charge in [-0.15, -0.1) is 0 Å². The van der Waals surface area contributed by atoms with Gasteiger partial charge in [0.1, 0.15) is 5.82 Å². The van der Waals surface area contributed by atoms with Gasteiger partial charge in [-0.05, 0) is 43.5 Å². The van der Waals surface area contributed by atoms with Gasteiger partial charge >= 0.3 is 0 Å². The van der Waals surface area contributed by atoms with Crippen LogP contribution in [0.1, 0.15) is 31.4 Å². The Labute approximate surface area is 140 Å². The molecule has 0 saturated carbocycles. The van der Waals surface area contributed by atoms with Gasteiger partial charge in [-0.3, -0.25) is 4.79 Å². The van der Waals surface area contributed by atoms with Gasteiger partial charge in [0.25, 0.3) is 0 Å². The van der Waals surface area contributed by atoms with E-state index < -0.39 is 0 Å². The van der Waals surface area contributed by atoms with E-state index in [1.165, 1.54) is 12.1 Å². The number of carbonyl (C=O) groups is 1. The summed E-state index contributed by atoms with van der Waals surface area (Å²) in [6.07, 6.45) is 4.98. The van der Waals surface area contributed by atoms with Crippen LogP contribution in [0.4, 0.5) is 10.3 Å². The summed E-state index contributed by atoms with van der Waals surface area (Å²) in [6.45, 7) is 3.40. The van der Waals surface area contributed by atoms with E-state index >= 15 is 0 Å². The Morgan fingerprint density at radius 3 is 2.62 bits per heavy atom. The van der Waals surface area contributed by atoms with Crippen molar-refractivity contribution in [2.75, 3.05) is 18.0 Å². The Kier molecular flexibility index (Phi) is 5.03. The number of nitrogens with zero attached hydrogens (tertiary/aromatic N) is 3. The average molecular weight is 328 g/mol. The number of carbonyl (C=O) groups excluding carboxylic acids is 1. The molecule has 2 aromatic rings. The van der Waals surface area contributed by atoms with Crippen molar-refractivity contribution in [2.24, 2.45) is 5.92 Å². The molecule has 24 heavy (non-hydrogen) atoms. The van der Waals surface area contributed by atoms with Crippen molar-refractivity contribution in [3.63, 3.8) is 0 Å². The summed E-state index contributed by atoms with van der Waals surface area (Å²) in [7, 11) is 0. The lowest BCUT2D eigenvalue weighted by Crippen LogP contribution is -2.41. The quantitative estimate of drug-likeness (QED) is 0.937. The van der Waals surface area contributed by atoms with Crippen LogP contribution >= 0.6 is 0 Å². The van der Waals surface area contributed by atoms with E-state index in [1.807, 2.05) is 13.0 Å². The summed E-state index contributed by atoms with van der Waals surface area (Å²) in [5.41, 5.74) is 0.776. The normalized spacial score (nSPS) is 16.7. The molecule has 0 spiro atoms. The monoisotopic (exact) mass is 328 g/mol. The lowest BCUT2D eigenvalue weighted by molar-refractivity contribution is -0.126. The van der Waals surface area contributed by atoms with Crippen LogP contribution in [0.15, 0.2) is 42.7 Å². The van der Waals surface area contributed by atoms with Crippen LogP contribution in [0.25, 0.3) is 0 Å². The molecule has 0 bridgehead atoms. The molecular weight excluding hydrogens is 307 g/mol. The number of benzene rings is 1. The Morgan fingerprint density at radius 2 is 1.96 bits per heavy atom. The van der Waals surface area contributed by atoms with Crippen LogP contribution in [0.3, 0.4) is 0 Å². The molecule has 1 saturated heterocycles. The molecule has 1 N–H and O–H groups in total. The first-order chi connectivity index (χ1) is 11.6. The first-order valence-electron chi connectivity index (χ1n) is 8.21. The largest absolute Gasteiger partial charge is 0.349 e. The molecule has 0 aliphatic carbocycles. The molecule has 3 rings (SSSR count). The van der Waals surface area contributed by atoms with Crippen molar-refractivity contribution in [3.05, 3.63) is 54.1 Å². The van der Waals surface area contributed by atoms with Gasteiger partial charge in [-0.25, -0.2) is 14.4 Å². The smallest absolute Gasteiger partial charge is 0.225 e. The Bertz CT molecular complexity index is 686. The zero-order chi connectivity index (χ0) is 16.9. The van der Waals surface area contributed by atoms with E-state index in [0.29, 0.717) is 5.95 Å². The number of nitrogens with one attached hydrogen (secondary N) is 1. The van der Waals surface area contributed by atoms with E-state index in [2.05, 4.69) is 20.2 Å². The van der Waals surface area contributed by atoms with E-state index in [-0.39, 0.29) is 23.7 Å². The van der Waals surface area contributed by atoms with Crippen LogP contribution in [0, 0.1) is 11.7 Å². The fourth-order valence-electron chi connectivity index (χ4n) is 2.99. The summed E-state index contributed by atoms with van der Waals surface area (Å²) in [4.78, 5) is 23.0. The number of rotatable bonds is 4. The maximum Gasteiger partial charge on any atom is 0.225 e. The first kappa shape index (κ1) is 16.4. The highest BCUT2D eigenvalue weighted by molar-refractivity contribution is 5.79. The summed E-state index contributed by atoms with van der Waals surface area (Å²) in [6, 6.07) is 7.93. The molecule has 0 radical (unpaired) electrons. The second-order valence-corrected chi connectivity index (χ2v) is 6.10. The summed E-state index contributed by atoms with van der Waals surface area (Å²) >= 11 is 0. The highest BCUT2D eigenvalue weighted by Crippen LogP contribution is 2.22. The summed E-state index contributed by atoms with van der Waals surface area (Å²) in [5, 5.41) is 2.99. The number of aromatic nitrogens is 2. The minimum Gasteiger partial charge on any atom is -0.349 e. The lowest BCUT2D eigenvalue weighted by Gasteiger charge is -2.31. The van der Waals surface area contributed by atoms with Crippen LogP contribution in [-0.2, 0) is 4.79 Å². The molecule has 1 fully saturated rings. The number of hydrogen-bond donors (Lipinski definition) is 1. The molecule has 1 aromatic carbocycles. The Morgan fingerprint density at radius 1 is 1.25 bits per heavy atom. The molecule has 1 aliphatic heterocycles. The topological polar surface area (TPSA) is 58.1 Å². The fourth-order valence-corrected chi connectivity index (χ4v) is 2.99. The van der Waals surface area contributed by atoms with Crippen molar-refractivity contribution in [3.8, 4) is 0 Å². The number of hydrogen-bond acceptors (Lipinski definition) is 4. The molecule has 0 unspecified atom stereocenters. The standard InChI is InChI=1S/C18H21FN4O/c1-13(15-4-2-5-16(19)12-15)22-17(24)14-6-10-23(11-7-14)18-20-8-3-9-21-18/h2-5,8-9,12-14H,6-7,10-11H2,1H3,(H,22,24)/t13-/m0/s1. The van der Waals surface area contributed by atoms with Crippen molar-refractivity contribution >= 4 is 11.9 Å². The van der Waals surface area contributed by atoms with E-state index in [1.54, 1.807) is 24.5 Å². The summed E-state index contributed by atoms with van der Waals surface area (Å²) in [5.74, 6) is 0.426. The minimum absolute atomic E-state index is 0.0269. The second kappa shape index (κ2) is 7.38. The number of halogens is 1. The summed E-state index contributed by atoms with van der Waals surface area (Å²) < 4.78 is 13.3. The van der Waals surface area contributed by atoms with Crippen LogP contribution in [-0.4, -0.2) is 29.0 Å². The number of amides is 1. The Hall–Kier alpha value is -2.50. The van der Waals surface area contributed by atoms with Gasteiger partial charge in [-0.2, -0.15) is 0 Å². The van der Waals surface area contributed by atoms with Gasteiger partial charge in [0, 0.05) is 31.4 Å². The van der Waals surface area contributed by atoms with Crippen LogP contribution in [0.5, 0.6) is 0 Å². The highest BCUT2D eigenvalue weighted by Gasteiger charge is 2.26. The molecule has 126 valence electrons. The van der Waals surface area contributed by atoms with E-state index in [9.17, 15) is 9.18 Å². The predicted molar refractivity (Wildman–Crippen MR) is 89.9 cm³/mol. The van der Waals surface area contributed by atoms with Gasteiger partial charge in [0.2, 0.25) is 11.9 Å². The van der Waals surface area contributed by atoms with Crippen LogP contribution in [0.2, 0.25) is 0 Å². The minimum atomic E-state index is -0.287. The molecule has 1 aliphatic rings. The third kappa shape index (κ3) is 3.88. The van der Waals surface area contributed by atoms with Crippen molar-refractivity contribution in [2.45, 2.75) is 25.8 Å². The second-order valence-electron chi connectivity index (χ2n) is 6.10. The average Bonchev–Trinajstić information content (AvgIpc) is 2.62. The molecule has 1 amide bonds. The SMILES string of the molecule is C[C@H](NC(=O)C1CCN(c2ncccn2)CC1)c1cccc(F)c1. The third-order valence-electron chi connectivity index (χ3n) is 4.41. The fraction of sp³-hybridized carbons (Fsp3) is 0.389. The Balaban J connectivity index is 1.54. The molecule has 2 heterocycles. The molecule has 6 heteroatoms. The van der Waals surface area contributed by atoms with Crippen molar-refractivity contribution < 1.29 is 9.18 Å².